The van der Waals surface area contributed by atoms with Crippen molar-refractivity contribution >= 4 is 47.8 Å². The number of anilines is 1. The third-order valence-electron chi connectivity index (χ3n) is 7.21. The van der Waals surface area contributed by atoms with Crippen molar-refractivity contribution in [3.8, 4) is 22.1 Å². The monoisotopic (exact) mass is 640 g/mol. The van der Waals surface area contributed by atoms with Crippen LogP contribution in [0.2, 0.25) is 0 Å². The summed E-state index contributed by atoms with van der Waals surface area (Å²) >= 11 is 1.45. The molecule has 1 aliphatic heterocycles. The van der Waals surface area contributed by atoms with E-state index in [1.807, 2.05) is 24.4 Å². The number of carbonyl (C=O) groups excluding carboxylic acids is 2. The number of hydrogen-bond acceptors (Lipinski definition) is 10. The molecule has 1 aromatic carbocycles. The summed E-state index contributed by atoms with van der Waals surface area (Å²) in [5.74, 6) is -0.363. The lowest BCUT2D eigenvalue weighted by Gasteiger charge is -2.34. The van der Waals surface area contributed by atoms with Crippen LogP contribution in [-0.2, 0) is 15.9 Å². The summed E-state index contributed by atoms with van der Waals surface area (Å²) in [6.45, 7) is 2.77. The molecule has 12 nitrogen and oxygen atoms in total. The van der Waals surface area contributed by atoms with E-state index in [0.717, 1.165) is 33.7 Å². The predicted molar refractivity (Wildman–Crippen MR) is 164 cm³/mol. The summed E-state index contributed by atoms with van der Waals surface area (Å²) in [6, 6.07) is 11.7. The minimum absolute atomic E-state index is 0.0337. The molecule has 0 spiro atoms. The molecule has 0 radical (unpaired) electrons. The molecule has 2 fully saturated rings. The van der Waals surface area contributed by atoms with Crippen molar-refractivity contribution in [2.75, 3.05) is 38.1 Å². The van der Waals surface area contributed by atoms with Crippen LogP contribution < -0.4 is 15.4 Å². The van der Waals surface area contributed by atoms with E-state index >= 15 is 0 Å². The highest BCUT2D eigenvalue weighted by Crippen LogP contribution is 2.39. The van der Waals surface area contributed by atoms with E-state index in [0.29, 0.717) is 49.7 Å². The largest absolute Gasteiger partial charge is 0.453 e. The SMILES string of the molecule is O=C(Nc1ccc(Oc2ccnc3cc(-c4ccc(CN5CCN(C(=O)COP(O)O)CC5)cn4)sc23)c(F)c1)NC1CC1. The summed E-state index contributed by atoms with van der Waals surface area (Å²) in [5, 5.41) is 5.44. The van der Waals surface area contributed by atoms with Crippen LogP contribution in [-0.4, -0.2) is 80.3 Å². The Morgan fingerprint density at radius 1 is 1.05 bits per heavy atom. The third kappa shape index (κ3) is 7.65. The number of urea groups is 1. The van der Waals surface area contributed by atoms with Gasteiger partial charge < -0.3 is 34.6 Å². The van der Waals surface area contributed by atoms with Crippen molar-refractivity contribution in [2.24, 2.45) is 0 Å². The van der Waals surface area contributed by atoms with Gasteiger partial charge in [0.25, 0.3) is 0 Å². The Bertz CT molecular complexity index is 1650. The minimum atomic E-state index is -2.54. The van der Waals surface area contributed by atoms with Crippen LogP contribution in [0.1, 0.15) is 18.4 Å². The molecular weight excluding hydrogens is 610 g/mol. The van der Waals surface area contributed by atoms with E-state index in [1.54, 1.807) is 23.2 Å². The molecule has 1 aliphatic carbocycles. The van der Waals surface area contributed by atoms with Crippen molar-refractivity contribution in [3.05, 3.63) is 66.2 Å². The first-order valence-corrected chi connectivity index (χ1v) is 16.0. The molecule has 3 aromatic heterocycles. The number of fused-ring (bicyclic) bond motifs is 1. The number of carbonyl (C=O) groups is 2. The topological polar surface area (TPSA) is 149 Å². The number of nitrogens with zero attached hydrogens (tertiary/aromatic N) is 4. The van der Waals surface area contributed by atoms with Gasteiger partial charge in [0.2, 0.25) is 5.91 Å². The molecule has 230 valence electrons. The van der Waals surface area contributed by atoms with Gasteiger partial charge in [0, 0.05) is 69.0 Å². The highest BCUT2D eigenvalue weighted by Gasteiger charge is 2.24. The van der Waals surface area contributed by atoms with Crippen LogP contribution >= 0.6 is 19.9 Å². The highest BCUT2D eigenvalue weighted by molar-refractivity contribution is 7.39. The smallest absolute Gasteiger partial charge is 0.327 e. The molecule has 44 heavy (non-hydrogen) atoms. The number of thiophene rings is 1. The van der Waals surface area contributed by atoms with Crippen molar-refractivity contribution in [2.45, 2.75) is 25.4 Å². The fourth-order valence-electron chi connectivity index (χ4n) is 4.76. The van der Waals surface area contributed by atoms with Crippen LogP contribution in [0.4, 0.5) is 14.9 Å². The van der Waals surface area contributed by atoms with Gasteiger partial charge >= 0.3 is 14.6 Å². The van der Waals surface area contributed by atoms with E-state index in [9.17, 15) is 14.0 Å². The Morgan fingerprint density at radius 2 is 1.86 bits per heavy atom. The average molecular weight is 641 g/mol. The Hall–Kier alpha value is -3.78. The van der Waals surface area contributed by atoms with Crippen molar-refractivity contribution in [3.63, 3.8) is 0 Å². The van der Waals surface area contributed by atoms with Gasteiger partial charge in [-0.15, -0.1) is 11.3 Å². The molecule has 6 rings (SSSR count). The zero-order valence-corrected chi connectivity index (χ0v) is 25.2. The Labute approximate surface area is 257 Å². The van der Waals surface area contributed by atoms with Gasteiger partial charge in [-0.2, -0.15) is 0 Å². The quantitative estimate of drug-likeness (QED) is 0.185. The molecule has 0 atom stereocenters. The number of aromatic nitrogens is 2. The number of amides is 3. The second-order valence-corrected chi connectivity index (χ2v) is 12.3. The molecule has 4 aromatic rings. The number of benzene rings is 1. The van der Waals surface area contributed by atoms with Gasteiger partial charge in [-0.25, -0.2) is 9.18 Å². The van der Waals surface area contributed by atoms with Gasteiger partial charge in [0.1, 0.15) is 12.4 Å². The number of rotatable bonds is 10. The summed E-state index contributed by atoms with van der Waals surface area (Å²) in [4.78, 5) is 55.7. The molecule has 0 unspecified atom stereocenters. The van der Waals surface area contributed by atoms with Crippen LogP contribution in [0.25, 0.3) is 20.8 Å². The normalized spacial score (nSPS) is 15.5. The first-order valence-electron chi connectivity index (χ1n) is 14.0. The second-order valence-electron chi connectivity index (χ2n) is 10.5. The van der Waals surface area contributed by atoms with Crippen molar-refractivity contribution in [1.82, 2.24) is 25.1 Å². The molecule has 4 N–H and O–H groups in total. The number of piperazine rings is 1. The lowest BCUT2D eigenvalue weighted by molar-refractivity contribution is -0.135. The zero-order valence-electron chi connectivity index (χ0n) is 23.5. The Kier molecular flexibility index (Phi) is 9.26. The van der Waals surface area contributed by atoms with Crippen LogP contribution in [0.15, 0.2) is 54.9 Å². The summed E-state index contributed by atoms with van der Waals surface area (Å²) in [5.41, 5.74) is 2.85. The van der Waals surface area contributed by atoms with Crippen LogP contribution in [0.5, 0.6) is 11.5 Å². The lowest BCUT2D eigenvalue weighted by atomic mass is 10.2. The zero-order chi connectivity index (χ0) is 30.6. The van der Waals surface area contributed by atoms with Gasteiger partial charge in [-0.1, -0.05) is 6.07 Å². The molecule has 4 heterocycles. The molecule has 2 aliphatic rings. The molecule has 0 bridgehead atoms. The first kappa shape index (κ1) is 30.3. The standard InChI is InChI=1S/C29H30FN6O6PS/c30-21-13-20(34-29(38)33-19-2-3-19)4-6-24(21)42-25-7-8-31-23-14-26(44-28(23)25)22-5-1-18(15-32-22)16-35-9-11-36(12-10-35)27(37)17-41-43(39)40/h1,4-8,13-15,19,39-40H,2-3,9-12,16-17H2,(H2,33,34,38). The van der Waals surface area contributed by atoms with Crippen molar-refractivity contribution < 1.29 is 33.0 Å². The fraction of sp³-hybridized carbons (Fsp3) is 0.310. The van der Waals surface area contributed by atoms with Crippen LogP contribution in [0, 0.1) is 5.82 Å². The van der Waals surface area contributed by atoms with Gasteiger partial charge in [-0.3, -0.25) is 19.7 Å². The van der Waals surface area contributed by atoms with Gasteiger partial charge in [0.15, 0.2) is 11.6 Å². The average Bonchev–Trinajstić information content (AvgIpc) is 3.71. The lowest BCUT2D eigenvalue weighted by Crippen LogP contribution is -2.49. The molecule has 1 saturated carbocycles. The third-order valence-corrected chi connectivity index (χ3v) is 8.73. The maximum Gasteiger partial charge on any atom is 0.327 e. The van der Waals surface area contributed by atoms with Crippen molar-refractivity contribution in [1.29, 1.82) is 0 Å². The summed E-state index contributed by atoms with van der Waals surface area (Å²) < 4.78 is 26.2. The number of nitrogens with one attached hydrogen (secondary N) is 2. The molecular formula is C29H30FN6O6PS. The van der Waals surface area contributed by atoms with E-state index in [-0.39, 0.29) is 30.3 Å². The first-order chi connectivity index (χ1) is 21.3. The number of halogens is 1. The van der Waals surface area contributed by atoms with E-state index in [2.05, 4.69) is 30.0 Å². The minimum Gasteiger partial charge on any atom is -0.453 e. The molecule has 15 heteroatoms. The molecule has 3 amide bonds. The Morgan fingerprint density at radius 3 is 2.57 bits per heavy atom. The highest BCUT2D eigenvalue weighted by atomic mass is 32.1. The van der Waals surface area contributed by atoms with E-state index in [4.69, 9.17) is 14.5 Å². The predicted octanol–water partition coefficient (Wildman–Crippen LogP) is 4.45. The molecule has 1 saturated heterocycles. The maximum atomic E-state index is 14.9. The van der Waals surface area contributed by atoms with E-state index < -0.39 is 14.4 Å². The summed E-state index contributed by atoms with van der Waals surface area (Å²) in [6.07, 6.45) is 5.36. The second kappa shape index (κ2) is 13.5. The number of ether oxygens (including phenoxy) is 1. The number of hydrogen-bond donors (Lipinski definition) is 4. The fourth-order valence-corrected chi connectivity index (χ4v) is 6.03. The summed E-state index contributed by atoms with van der Waals surface area (Å²) in [7, 11) is -2.54. The Balaban J connectivity index is 1.07. The van der Waals surface area contributed by atoms with Gasteiger partial charge in [-0.05, 0) is 42.7 Å². The van der Waals surface area contributed by atoms with Crippen LogP contribution in [0.3, 0.4) is 0 Å². The van der Waals surface area contributed by atoms with E-state index in [1.165, 1.54) is 23.5 Å². The van der Waals surface area contributed by atoms with Gasteiger partial charge in [0.05, 0.1) is 20.8 Å². The maximum absolute atomic E-state index is 14.9. The number of pyridine rings is 2.